The molecule has 0 saturated heterocycles. The molecule has 1 heterocycles. The zero-order valence-corrected chi connectivity index (χ0v) is 11.5. The normalized spacial score (nSPS) is 11.1. The zero-order chi connectivity index (χ0) is 13.3. The fourth-order valence-electron chi connectivity index (χ4n) is 2.04. The molecule has 0 spiro atoms. The Labute approximate surface area is 115 Å². The summed E-state index contributed by atoms with van der Waals surface area (Å²) < 4.78 is 5.38. The van der Waals surface area contributed by atoms with Crippen molar-refractivity contribution in [3.05, 3.63) is 60.1 Å². The van der Waals surface area contributed by atoms with E-state index in [2.05, 4.69) is 41.4 Å². The Morgan fingerprint density at radius 2 is 1.95 bits per heavy atom. The summed E-state index contributed by atoms with van der Waals surface area (Å²) in [5.74, 6) is 1.03. The van der Waals surface area contributed by atoms with Crippen molar-refractivity contribution in [3.63, 3.8) is 0 Å². The number of hydrogen-bond donors (Lipinski definition) is 1. The van der Waals surface area contributed by atoms with Gasteiger partial charge in [0.15, 0.2) is 0 Å². The van der Waals surface area contributed by atoms with Gasteiger partial charge in [0.25, 0.3) is 0 Å². The van der Waals surface area contributed by atoms with Crippen molar-refractivity contribution in [3.8, 4) is 0 Å². The Kier molecular flexibility index (Phi) is 5.66. The quantitative estimate of drug-likeness (QED) is 0.738. The van der Waals surface area contributed by atoms with Crippen LogP contribution in [0.5, 0.6) is 0 Å². The van der Waals surface area contributed by atoms with E-state index in [1.54, 1.807) is 6.26 Å². The molecular formula is C16H22N2O. The average molecular weight is 258 g/mol. The minimum absolute atomic E-state index is 0.885. The number of benzene rings is 1. The molecule has 0 fully saturated rings. The van der Waals surface area contributed by atoms with Crippen LogP contribution in [0.4, 0.5) is 0 Å². The molecule has 2 aromatic rings. The third kappa shape index (κ3) is 4.89. The molecule has 0 amide bonds. The molecular weight excluding hydrogens is 236 g/mol. The summed E-state index contributed by atoms with van der Waals surface area (Å²) in [4.78, 5) is 2.37. The standard InChI is InChI=1S/C16H22N2O/c1-2-18(14-16-9-6-12-19-16)11-10-17-13-15-7-4-3-5-8-15/h3-9,12,17H,2,10-11,13-14H2,1H3. The summed E-state index contributed by atoms with van der Waals surface area (Å²) in [5, 5.41) is 3.47. The van der Waals surface area contributed by atoms with Gasteiger partial charge < -0.3 is 9.73 Å². The van der Waals surface area contributed by atoms with Crippen molar-refractivity contribution >= 4 is 0 Å². The highest BCUT2D eigenvalue weighted by Crippen LogP contribution is 2.04. The summed E-state index contributed by atoms with van der Waals surface area (Å²) in [6.07, 6.45) is 1.73. The van der Waals surface area contributed by atoms with Gasteiger partial charge in [0.05, 0.1) is 12.8 Å². The van der Waals surface area contributed by atoms with E-state index in [1.807, 2.05) is 18.2 Å². The monoisotopic (exact) mass is 258 g/mol. The lowest BCUT2D eigenvalue weighted by atomic mass is 10.2. The Morgan fingerprint density at radius 1 is 1.11 bits per heavy atom. The van der Waals surface area contributed by atoms with Gasteiger partial charge in [0, 0.05) is 19.6 Å². The predicted molar refractivity (Wildman–Crippen MR) is 77.8 cm³/mol. The van der Waals surface area contributed by atoms with Crippen LogP contribution in [0, 0.1) is 0 Å². The summed E-state index contributed by atoms with van der Waals surface area (Å²) in [6.45, 7) is 7.05. The van der Waals surface area contributed by atoms with Crippen molar-refractivity contribution < 1.29 is 4.42 Å². The summed E-state index contributed by atoms with van der Waals surface area (Å²) >= 11 is 0. The van der Waals surface area contributed by atoms with E-state index >= 15 is 0 Å². The van der Waals surface area contributed by atoms with Gasteiger partial charge in [-0.15, -0.1) is 0 Å². The largest absolute Gasteiger partial charge is 0.468 e. The lowest BCUT2D eigenvalue weighted by Gasteiger charge is -2.19. The van der Waals surface area contributed by atoms with E-state index < -0.39 is 0 Å². The third-order valence-corrected chi connectivity index (χ3v) is 3.18. The molecule has 2 rings (SSSR count). The minimum Gasteiger partial charge on any atom is -0.468 e. The van der Waals surface area contributed by atoms with Crippen molar-refractivity contribution in [2.24, 2.45) is 0 Å². The smallest absolute Gasteiger partial charge is 0.117 e. The highest BCUT2D eigenvalue weighted by atomic mass is 16.3. The molecule has 1 aromatic carbocycles. The van der Waals surface area contributed by atoms with Crippen LogP contribution in [0.3, 0.4) is 0 Å². The van der Waals surface area contributed by atoms with Crippen LogP contribution in [-0.4, -0.2) is 24.5 Å². The first-order valence-corrected chi connectivity index (χ1v) is 6.88. The van der Waals surface area contributed by atoms with Crippen molar-refractivity contribution in [2.45, 2.75) is 20.0 Å². The molecule has 1 aromatic heterocycles. The van der Waals surface area contributed by atoms with Crippen LogP contribution in [0.2, 0.25) is 0 Å². The van der Waals surface area contributed by atoms with Crippen molar-refractivity contribution in [1.82, 2.24) is 10.2 Å². The van der Waals surface area contributed by atoms with Crippen LogP contribution in [0.15, 0.2) is 53.1 Å². The first kappa shape index (κ1) is 13.8. The molecule has 0 aliphatic heterocycles. The van der Waals surface area contributed by atoms with Gasteiger partial charge in [-0.05, 0) is 24.2 Å². The highest BCUT2D eigenvalue weighted by Gasteiger charge is 2.04. The van der Waals surface area contributed by atoms with E-state index in [-0.39, 0.29) is 0 Å². The number of likely N-dealkylation sites (N-methyl/N-ethyl adjacent to an activating group) is 1. The molecule has 0 bridgehead atoms. The number of furan rings is 1. The first-order chi connectivity index (χ1) is 9.38. The van der Waals surface area contributed by atoms with Gasteiger partial charge in [-0.1, -0.05) is 37.3 Å². The Morgan fingerprint density at radius 3 is 2.63 bits per heavy atom. The molecule has 1 N–H and O–H groups in total. The number of hydrogen-bond acceptors (Lipinski definition) is 3. The molecule has 0 unspecified atom stereocenters. The summed E-state index contributed by atoms with van der Waals surface area (Å²) in [5.41, 5.74) is 1.33. The van der Waals surface area contributed by atoms with E-state index in [1.165, 1.54) is 5.56 Å². The molecule has 3 nitrogen and oxygen atoms in total. The maximum atomic E-state index is 5.38. The van der Waals surface area contributed by atoms with Crippen molar-refractivity contribution in [1.29, 1.82) is 0 Å². The van der Waals surface area contributed by atoms with Gasteiger partial charge >= 0.3 is 0 Å². The molecule has 0 aliphatic carbocycles. The lowest BCUT2D eigenvalue weighted by molar-refractivity contribution is 0.255. The SMILES string of the molecule is CCN(CCNCc1ccccc1)Cc1ccco1. The molecule has 0 atom stereocenters. The van der Waals surface area contributed by atoms with Gasteiger partial charge in [0.1, 0.15) is 5.76 Å². The maximum absolute atomic E-state index is 5.38. The van der Waals surface area contributed by atoms with Crippen molar-refractivity contribution in [2.75, 3.05) is 19.6 Å². The average Bonchev–Trinajstić information content (AvgIpc) is 2.96. The molecule has 0 saturated carbocycles. The lowest BCUT2D eigenvalue weighted by Crippen LogP contribution is -2.31. The maximum Gasteiger partial charge on any atom is 0.117 e. The summed E-state index contributed by atoms with van der Waals surface area (Å²) in [6, 6.07) is 14.5. The van der Waals surface area contributed by atoms with Crippen LogP contribution in [0.1, 0.15) is 18.2 Å². The van der Waals surface area contributed by atoms with Gasteiger partial charge in [-0.25, -0.2) is 0 Å². The van der Waals surface area contributed by atoms with Gasteiger partial charge in [-0.2, -0.15) is 0 Å². The topological polar surface area (TPSA) is 28.4 Å². The zero-order valence-electron chi connectivity index (χ0n) is 11.5. The second-order valence-electron chi connectivity index (χ2n) is 4.61. The van der Waals surface area contributed by atoms with Gasteiger partial charge in [0.2, 0.25) is 0 Å². The minimum atomic E-state index is 0.885. The van der Waals surface area contributed by atoms with Crippen LogP contribution < -0.4 is 5.32 Å². The van der Waals surface area contributed by atoms with Gasteiger partial charge in [-0.3, -0.25) is 4.90 Å². The first-order valence-electron chi connectivity index (χ1n) is 6.88. The second-order valence-corrected chi connectivity index (χ2v) is 4.61. The summed E-state index contributed by atoms with van der Waals surface area (Å²) in [7, 11) is 0. The van der Waals surface area contributed by atoms with E-state index in [0.717, 1.165) is 38.5 Å². The van der Waals surface area contributed by atoms with E-state index in [4.69, 9.17) is 4.42 Å². The third-order valence-electron chi connectivity index (χ3n) is 3.18. The Bertz CT molecular complexity index is 439. The van der Waals surface area contributed by atoms with Crippen LogP contribution in [0.25, 0.3) is 0 Å². The van der Waals surface area contributed by atoms with Crippen LogP contribution >= 0.6 is 0 Å². The molecule has 0 aliphatic rings. The number of nitrogens with one attached hydrogen (secondary N) is 1. The fraction of sp³-hybridized carbons (Fsp3) is 0.375. The highest BCUT2D eigenvalue weighted by molar-refractivity contribution is 5.14. The number of rotatable bonds is 8. The van der Waals surface area contributed by atoms with E-state index in [0.29, 0.717) is 0 Å². The molecule has 3 heteroatoms. The molecule has 102 valence electrons. The van der Waals surface area contributed by atoms with Crippen LogP contribution in [-0.2, 0) is 13.1 Å². The fourth-order valence-corrected chi connectivity index (χ4v) is 2.04. The van der Waals surface area contributed by atoms with E-state index in [9.17, 15) is 0 Å². The number of nitrogens with zero attached hydrogens (tertiary/aromatic N) is 1. The molecule has 19 heavy (non-hydrogen) atoms. The predicted octanol–water partition coefficient (Wildman–Crippen LogP) is 2.89. The Balaban J connectivity index is 1.66. The second kappa shape index (κ2) is 7.77. The Hall–Kier alpha value is -1.58. The molecule has 0 radical (unpaired) electrons.